The molecule has 0 amide bonds. The van der Waals surface area contributed by atoms with E-state index in [1.165, 1.54) is 0 Å². The molecule has 60 valence electrons. The molecule has 0 N–H and O–H groups in total. The number of nitriles is 1. The molecule has 0 atom stereocenters. The Morgan fingerprint density at radius 2 is 2.33 bits per heavy atom. The third-order valence-electron chi connectivity index (χ3n) is 2.18. The number of hydrogen-bond donors (Lipinski definition) is 0. The number of nitrogens with zero attached hydrogens (tertiary/aromatic N) is 2. The predicted octanol–water partition coefficient (Wildman–Crippen LogP) is 2.24. The predicted molar refractivity (Wildman–Crippen MR) is 53.5 cm³/mol. The second-order valence-corrected chi connectivity index (χ2v) is 4.30. The normalized spacial score (nSPS) is 18.3. The lowest BCUT2D eigenvalue weighted by Gasteiger charge is -2.03. The minimum atomic E-state index is -0.235. The van der Waals surface area contributed by atoms with E-state index in [4.69, 9.17) is 5.26 Å². The van der Waals surface area contributed by atoms with Crippen LogP contribution in [0.2, 0.25) is 0 Å². The van der Waals surface area contributed by atoms with Crippen LogP contribution in [-0.2, 0) is 5.41 Å². The van der Waals surface area contributed by atoms with Crippen molar-refractivity contribution in [2.24, 2.45) is 0 Å². The lowest BCUT2D eigenvalue weighted by molar-refractivity contribution is 0.852. The van der Waals surface area contributed by atoms with Crippen molar-refractivity contribution in [2.75, 3.05) is 0 Å². The Balaban J connectivity index is 2.42. The van der Waals surface area contributed by atoms with E-state index in [2.05, 4.69) is 33.6 Å². The van der Waals surface area contributed by atoms with Gasteiger partial charge in [-0.2, -0.15) is 5.26 Å². The summed E-state index contributed by atoms with van der Waals surface area (Å²) in [4.78, 5) is 4.22. The molecular formula is C9H7IN2. The van der Waals surface area contributed by atoms with Crippen LogP contribution in [0.1, 0.15) is 18.5 Å². The second-order valence-electron chi connectivity index (χ2n) is 3.05. The maximum absolute atomic E-state index is 8.91. The standard InChI is InChI=1S/C9H7IN2/c10-7-1-4-12-8(5-7)9(6-11)2-3-9/h1,4-5H,2-3H2. The van der Waals surface area contributed by atoms with Crippen molar-refractivity contribution in [2.45, 2.75) is 18.3 Å². The van der Waals surface area contributed by atoms with Gasteiger partial charge in [-0.25, -0.2) is 0 Å². The molecule has 0 spiro atoms. The molecule has 2 rings (SSSR count). The first kappa shape index (κ1) is 7.99. The third-order valence-corrected chi connectivity index (χ3v) is 2.85. The van der Waals surface area contributed by atoms with Gasteiger partial charge in [-0.15, -0.1) is 0 Å². The first-order valence-electron chi connectivity index (χ1n) is 3.80. The maximum atomic E-state index is 8.91. The van der Waals surface area contributed by atoms with Gasteiger partial charge < -0.3 is 0 Å². The Labute approximate surface area is 84.8 Å². The van der Waals surface area contributed by atoms with Gasteiger partial charge in [0.2, 0.25) is 0 Å². The van der Waals surface area contributed by atoms with Crippen LogP contribution in [0.25, 0.3) is 0 Å². The van der Waals surface area contributed by atoms with Gasteiger partial charge in [0.05, 0.1) is 17.2 Å². The minimum absolute atomic E-state index is 0.235. The number of halogens is 1. The summed E-state index contributed by atoms with van der Waals surface area (Å²) < 4.78 is 1.15. The largest absolute Gasteiger partial charge is 0.260 e. The average molecular weight is 270 g/mol. The number of hydrogen-bond acceptors (Lipinski definition) is 2. The summed E-state index contributed by atoms with van der Waals surface area (Å²) in [7, 11) is 0. The van der Waals surface area contributed by atoms with Crippen molar-refractivity contribution < 1.29 is 0 Å². The zero-order chi connectivity index (χ0) is 8.60. The molecule has 0 aliphatic heterocycles. The summed E-state index contributed by atoms with van der Waals surface area (Å²) >= 11 is 2.24. The first-order valence-corrected chi connectivity index (χ1v) is 4.88. The molecule has 0 aromatic carbocycles. The molecule has 1 aliphatic carbocycles. The summed E-state index contributed by atoms with van der Waals surface area (Å²) in [5, 5.41) is 8.91. The maximum Gasteiger partial charge on any atom is 0.0994 e. The van der Waals surface area contributed by atoms with E-state index in [-0.39, 0.29) is 5.41 Å². The molecule has 0 unspecified atom stereocenters. The zero-order valence-corrected chi connectivity index (χ0v) is 8.58. The highest BCUT2D eigenvalue weighted by Gasteiger charge is 2.46. The van der Waals surface area contributed by atoms with Gasteiger partial charge in [0.25, 0.3) is 0 Å². The molecule has 12 heavy (non-hydrogen) atoms. The van der Waals surface area contributed by atoms with E-state index in [1.807, 2.05) is 12.1 Å². The Morgan fingerprint density at radius 3 is 2.83 bits per heavy atom. The fourth-order valence-electron chi connectivity index (χ4n) is 1.22. The first-order chi connectivity index (χ1) is 5.77. The molecule has 1 saturated carbocycles. The van der Waals surface area contributed by atoms with Crippen molar-refractivity contribution in [1.82, 2.24) is 4.98 Å². The summed E-state index contributed by atoms with van der Waals surface area (Å²) in [6.07, 6.45) is 3.71. The molecule has 2 nitrogen and oxygen atoms in total. The van der Waals surface area contributed by atoms with Gasteiger partial charge in [0, 0.05) is 9.77 Å². The molecule has 1 aromatic heterocycles. The summed E-state index contributed by atoms with van der Waals surface area (Å²) in [6.45, 7) is 0. The molecule has 1 fully saturated rings. The van der Waals surface area contributed by atoms with E-state index in [0.29, 0.717) is 0 Å². The van der Waals surface area contributed by atoms with Crippen LogP contribution >= 0.6 is 22.6 Å². The Hall–Kier alpha value is -0.630. The van der Waals surface area contributed by atoms with Gasteiger partial charge in [0.15, 0.2) is 0 Å². The molecule has 1 aromatic rings. The van der Waals surface area contributed by atoms with E-state index in [1.54, 1.807) is 6.20 Å². The van der Waals surface area contributed by atoms with E-state index in [0.717, 1.165) is 22.1 Å². The quantitative estimate of drug-likeness (QED) is 0.734. The molecule has 1 aliphatic rings. The van der Waals surface area contributed by atoms with E-state index >= 15 is 0 Å². The van der Waals surface area contributed by atoms with Crippen molar-refractivity contribution in [3.05, 3.63) is 27.6 Å². The molecule has 0 bridgehead atoms. The monoisotopic (exact) mass is 270 g/mol. The summed E-state index contributed by atoms with van der Waals surface area (Å²) in [5.41, 5.74) is 0.707. The van der Waals surface area contributed by atoms with Crippen LogP contribution in [0.15, 0.2) is 18.3 Å². The highest BCUT2D eigenvalue weighted by molar-refractivity contribution is 14.1. The van der Waals surface area contributed by atoms with Crippen LogP contribution in [0, 0.1) is 14.9 Å². The number of pyridine rings is 1. The second kappa shape index (κ2) is 2.70. The molecule has 3 heteroatoms. The van der Waals surface area contributed by atoms with Crippen LogP contribution < -0.4 is 0 Å². The van der Waals surface area contributed by atoms with E-state index in [9.17, 15) is 0 Å². The Morgan fingerprint density at radius 1 is 1.58 bits per heavy atom. The smallest absolute Gasteiger partial charge is 0.0994 e. The topological polar surface area (TPSA) is 36.7 Å². The van der Waals surface area contributed by atoms with Crippen molar-refractivity contribution in [1.29, 1.82) is 5.26 Å². The summed E-state index contributed by atoms with van der Waals surface area (Å²) in [5.74, 6) is 0. The fraction of sp³-hybridized carbons (Fsp3) is 0.333. The number of aromatic nitrogens is 1. The van der Waals surface area contributed by atoms with Gasteiger partial charge in [-0.05, 0) is 47.6 Å². The van der Waals surface area contributed by atoms with Crippen molar-refractivity contribution in [3.8, 4) is 6.07 Å². The molecular weight excluding hydrogens is 263 g/mol. The molecule has 0 radical (unpaired) electrons. The highest BCUT2D eigenvalue weighted by Crippen LogP contribution is 2.46. The van der Waals surface area contributed by atoms with Crippen LogP contribution in [0.5, 0.6) is 0 Å². The van der Waals surface area contributed by atoms with E-state index < -0.39 is 0 Å². The van der Waals surface area contributed by atoms with Gasteiger partial charge >= 0.3 is 0 Å². The van der Waals surface area contributed by atoms with Crippen LogP contribution in [-0.4, -0.2) is 4.98 Å². The zero-order valence-electron chi connectivity index (χ0n) is 6.42. The van der Waals surface area contributed by atoms with Gasteiger partial charge in [-0.3, -0.25) is 4.98 Å². The van der Waals surface area contributed by atoms with Gasteiger partial charge in [-0.1, -0.05) is 0 Å². The van der Waals surface area contributed by atoms with Crippen molar-refractivity contribution in [3.63, 3.8) is 0 Å². The SMILES string of the molecule is N#CC1(c2cc(I)ccn2)CC1. The van der Waals surface area contributed by atoms with Gasteiger partial charge in [0.1, 0.15) is 0 Å². The number of rotatable bonds is 1. The third kappa shape index (κ3) is 1.20. The average Bonchev–Trinajstić information content (AvgIpc) is 2.84. The molecule has 1 heterocycles. The Kier molecular flexibility index (Phi) is 1.80. The Bertz CT molecular complexity index is 350. The minimum Gasteiger partial charge on any atom is -0.260 e. The lowest BCUT2D eigenvalue weighted by atomic mass is 10.0. The summed E-state index contributed by atoms with van der Waals surface area (Å²) in [6, 6.07) is 6.27. The highest BCUT2D eigenvalue weighted by atomic mass is 127. The lowest BCUT2D eigenvalue weighted by Crippen LogP contribution is -2.05. The van der Waals surface area contributed by atoms with Crippen LogP contribution in [0.4, 0.5) is 0 Å². The van der Waals surface area contributed by atoms with Crippen molar-refractivity contribution >= 4 is 22.6 Å². The fourth-order valence-corrected chi connectivity index (χ4v) is 1.67. The molecule has 0 saturated heterocycles. The van der Waals surface area contributed by atoms with Crippen LogP contribution in [0.3, 0.4) is 0 Å².